The van der Waals surface area contributed by atoms with Crippen LogP contribution in [-0.4, -0.2) is 21.4 Å². The molecule has 1 saturated heterocycles. The lowest BCUT2D eigenvalue weighted by molar-refractivity contribution is -0.384. The molecule has 3 rings (SSSR count). The van der Waals surface area contributed by atoms with Crippen LogP contribution in [0.25, 0.3) is 0 Å². The van der Waals surface area contributed by atoms with Crippen LogP contribution in [0, 0.1) is 16.0 Å². The van der Waals surface area contributed by atoms with Crippen molar-refractivity contribution < 1.29 is 9.34 Å². The van der Waals surface area contributed by atoms with E-state index in [0.717, 1.165) is 37.3 Å². The van der Waals surface area contributed by atoms with Crippen molar-refractivity contribution >= 4 is 17.5 Å². The van der Waals surface area contributed by atoms with E-state index in [0.29, 0.717) is 11.9 Å². The first-order valence-electron chi connectivity index (χ1n) is 8.11. The molecule has 8 heteroatoms. The lowest BCUT2D eigenvalue weighted by Crippen LogP contribution is -2.37. The van der Waals surface area contributed by atoms with Gasteiger partial charge in [0.2, 0.25) is 11.8 Å². The monoisotopic (exact) mass is 331 g/mol. The molecule has 2 aromatic heterocycles. The van der Waals surface area contributed by atoms with Gasteiger partial charge in [-0.05, 0) is 30.9 Å². The summed E-state index contributed by atoms with van der Waals surface area (Å²) in [5, 5.41) is 10.9. The predicted molar refractivity (Wildman–Crippen MR) is 89.7 cm³/mol. The highest BCUT2D eigenvalue weighted by atomic mass is 16.6. The average Bonchev–Trinajstić information content (AvgIpc) is 3.03. The van der Waals surface area contributed by atoms with E-state index in [2.05, 4.69) is 16.9 Å². The van der Waals surface area contributed by atoms with Gasteiger partial charge in [-0.25, -0.2) is 4.98 Å². The van der Waals surface area contributed by atoms with Crippen molar-refractivity contribution in [2.45, 2.75) is 39.2 Å². The van der Waals surface area contributed by atoms with Gasteiger partial charge in [0.25, 0.3) is 0 Å². The summed E-state index contributed by atoms with van der Waals surface area (Å²) in [5.74, 6) is 2.66. The van der Waals surface area contributed by atoms with Gasteiger partial charge >= 0.3 is 5.69 Å². The van der Waals surface area contributed by atoms with Crippen LogP contribution in [0.4, 0.5) is 17.5 Å². The summed E-state index contributed by atoms with van der Waals surface area (Å²) < 4.78 is 5.93. The number of piperidine rings is 1. The molecule has 24 heavy (non-hydrogen) atoms. The van der Waals surface area contributed by atoms with E-state index in [4.69, 9.17) is 10.2 Å². The zero-order valence-corrected chi connectivity index (χ0v) is 13.8. The molecule has 8 nitrogen and oxygen atoms in total. The molecule has 0 radical (unpaired) electrons. The molecular weight excluding hydrogens is 310 g/mol. The highest BCUT2D eigenvalue weighted by Gasteiger charge is 2.32. The molecule has 2 unspecified atom stereocenters. The Morgan fingerprint density at radius 2 is 2.29 bits per heavy atom. The minimum atomic E-state index is -0.574. The van der Waals surface area contributed by atoms with E-state index >= 15 is 0 Å². The molecule has 0 amide bonds. The Hall–Kier alpha value is -2.64. The first kappa shape index (κ1) is 16.2. The second kappa shape index (κ2) is 6.46. The van der Waals surface area contributed by atoms with Gasteiger partial charge in [0.15, 0.2) is 0 Å². The van der Waals surface area contributed by atoms with Crippen molar-refractivity contribution in [3.63, 3.8) is 0 Å². The van der Waals surface area contributed by atoms with Crippen molar-refractivity contribution in [1.82, 2.24) is 9.97 Å². The average molecular weight is 331 g/mol. The van der Waals surface area contributed by atoms with Crippen LogP contribution < -0.4 is 10.6 Å². The summed E-state index contributed by atoms with van der Waals surface area (Å²) in [6.07, 6.45) is 3.92. The Bertz CT molecular complexity index is 745. The van der Waals surface area contributed by atoms with Crippen LogP contribution in [0.1, 0.15) is 44.3 Å². The zero-order chi connectivity index (χ0) is 17.3. The summed E-state index contributed by atoms with van der Waals surface area (Å²) in [4.78, 5) is 20.7. The van der Waals surface area contributed by atoms with E-state index in [1.54, 1.807) is 0 Å². The van der Waals surface area contributed by atoms with Gasteiger partial charge in [0.1, 0.15) is 17.7 Å². The molecular formula is C16H21N5O3. The number of nitrogens with two attached hydrogens (primary N) is 1. The van der Waals surface area contributed by atoms with E-state index < -0.39 is 4.92 Å². The molecule has 1 fully saturated rings. The van der Waals surface area contributed by atoms with Gasteiger partial charge in [-0.15, -0.1) is 0 Å². The molecule has 0 spiro atoms. The van der Waals surface area contributed by atoms with E-state index in [1.165, 1.54) is 6.20 Å². The Morgan fingerprint density at radius 1 is 1.50 bits per heavy atom. The molecule has 2 N–H and O–H groups in total. The topological polar surface area (TPSA) is 111 Å². The van der Waals surface area contributed by atoms with Gasteiger partial charge in [0.05, 0.1) is 11.0 Å². The lowest BCUT2D eigenvalue weighted by Gasteiger charge is -2.37. The zero-order valence-electron chi connectivity index (χ0n) is 13.8. The Balaban J connectivity index is 1.94. The van der Waals surface area contributed by atoms with Crippen LogP contribution in [0.3, 0.4) is 0 Å². The highest BCUT2D eigenvalue weighted by Crippen LogP contribution is 2.37. The highest BCUT2D eigenvalue weighted by molar-refractivity contribution is 5.54. The van der Waals surface area contributed by atoms with Crippen LogP contribution in [0.5, 0.6) is 0 Å². The lowest BCUT2D eigenvalue weighted by atomic mass is 9.91. The van der Waals surface area contributed by atoms with Crippen molar-refractivity contribution in [3.05, 3.63) is 40.0 Å². The summed E-state index contributed by atoms with van der Waals surface area (Å²) in [5.41, 5.74) is 5.45. The van der Waals surface area contributed by atoms with E-state index in [1.807, 2.05) is 24.0 Å². The van der Waals surface area contributed by atoms with Crippen molar-refractivity contribution in [3.8, 4) is 0 Å². The molecule has 0 saturated carbocycles. The number of hydrogen-bond donors (Lipinski definition) is 1. The largest absolute Gasteiger partial charge is 0.464 e. The molecule has 128 valence electrons. The quantitative estimate of drug-likeness (QED) is 0.676. The number of nitrogen functional groups attached to an aromatic ring is 1. The fourth-order valence-electron chi connectivity index (χ4n) is 3.07. The first-order chi connectivity index (χ1) is 11.5. The van der Waals surface area contributed by atoms with Gasteiger partial charge < -0.3 is 15.1 Å². The van der Waals surface area contributed by atoms with Gasteiger partial charge in [-0.3, -0.25) is 10.1 Å². The van der Waals surface area contributed by atoms with E-state index in [9.17, 15) is 10.1 Å². The number of nitro groups is 1. The third-order valence-electron chi connectivity index (χ3n) is 4.46. The number of aryl methyl sites for hydroxylation is 1. The van der Waals surface area contributed by atoms with Gasteiger partial charge in [0, 0.05) is 13.0 Å². The number of nitrogens with zero attached hydrogens (tertiary/aromatic N) is 4. The Kier molecular flexibility index (Phi) is 4.37. The SMILES string of the molecule is CCc1ccc(C2CC(C)CCN2c2ncc([N+](=O)[O-])c(N)n2)o1. The maximum absolute atomic E-state index is 10.9. The van der Waals surface area contributed by atoms with Gasteiger partial charge in [-0.2, -0.15) is 4.98 Å². The van der Waals surface area contributed by atoms with Crippen molar-refractivity contribution in [2.75, 3.05) is 17.2 Å². The van der Waals surface area contributed by atoms with Crippen LogP contribution >= 0.6 is 0 Å². The smallest absolute Gasteiger partial charge is 0.329 e. The molecule has 2 atom stereocenters. The number of anilines is 2. The molecule has 0 bridgehead atoms. The second-order valence-electron chi connectivity index (χ2n) is 6.19. The summed E-state index contributed by atoms with van der Waals surface area (Å²) >= 11 is 0. The fraction of sp³-hybridized carbons (Fsp3) is 0.500. The molecule has 0 aliphatic carbocycles. The van der Waals surface area contributed by atoms with Crippen LogP contribution in [0.15, 0.2) is 22.7 Å². The molecule has 3 heterocycles. The summed E-state index contributed by atoms with van der Waals surface area (Å²) in [7, 11) is 0. The third-order valence-corrected chi connectivity index (χ3v) is 4.46. The minimum Gasteiger partial charge on any atom is -0.464 e. The summed E-state index contributed by atoms with van der Waals surface area (Å²) in [6.45, 7) is 5.01. The minimum absolute atomic E-state index is 0.00917. The van der Waals surface area contributed by atoms with Crippen LogP contribution in [0.2, 0.25) is 0 Å². The Labute approximate surface area is 139 Å². The van der Waals surface area contributed by atoms with Gasteiger partial charge in [-0.1, -0.05) is 13.8 Å². The normalized spacial score (nSPS) is 21.0. The predicted octanol–water partition coefficient (Wildman–Crippen LogP) is 3.10. The van der Waals surface area contributed by atoms with Crippen molar-refractivity contribution in [1.29, 1.82) is 0 Å². The molecule has 1 aliphatic heterocycles. The fourth-order valence-corrected chi connectivity index (χ4v) is 3.07. The standard InChI is InChI=1S/C16H21N5O3/c1-3-11-4-5-14(24-11)12-8-10(2)6-7-20(12)16-18-9-13(21(22)23)15(17)19-16/h4-5,9-10,12H,3,6-8H2,1-2H3,(H2,17,18,19). The maximum atomic E-state index is 10.9. The maximum Gasteiger partial charge on any atom is 0.329 e. The summed E-state index contributed by atoms with van der Waals surface area (Å²) in [6, 6.07) is 3.98. The number of furan rings is 1. The number of hydrogen-bond acceptors (Lipinski definition) is 7. The number of rotatable bonds is 4. The van der Waals surface area contributed by atoms with E-state index in [-0.39, 0.29) is 17.5 Å². The number of aromatic nitrogens is 2. The molecule has 2 aromatic rings. The third kappa shape index (κ3) is 3.04. The van der Waals surface area contributed by atoms with Crippen molar-refractivity contribution in [2.24, 2.45) is 5.92 Å². The molecule has 1 aliphatic rings. The van der Waals surface area contributed by atoms with Crippen LogP contribution in [-0.2, 0) is 6.42 Å². The molecule has 0 aromatic carbocycles. The first-order valence-corrected chi connectivity index (χ1v) is 8.11. The second-order valence-corrected chi connectivity index (χ2v) is 6.19. The Morgan fingerprint density at radius 3 is 2.92 bits per heavy atom.